The second-order valence-electron chi connectivity index (χ2n) is 7.34. The summed E-state index contributed by atoms with van der Waals surface area (Å²) in [4.78, 5) is 9.35. The van der Waals surface area contributed by atoms with Gasteiger partial charge < -0.3 is 16.6 Å². The van der Waals surface area contributed by atoms with Crippen molar-refractivity contribution in [3.8, 4) is 11.3 Å². The molecule has 4 rings (SSSR count). The summed E-state index contributed by atoms with van der Waals surface area (Å²) < 4.78 is 40.7. The van der Waals surface area contributed by atoms with E-state index in [0.717, 1.165) is 21.9 Å². The number of aliphatic hydroxyl groups is 1. The minimum absolute atomic E-state index is 0.278. The lowest BCUT2D eigenvalue weighted by Crippen LogP contribution is -2.39. The molecule has 160 valence electrons. The molecule has 0 saturated carbocycles. The predicted octanol–water partition coefficient (Wildman–Crippen LogP) is 4.76. The molecule has 3 heterocycles. The number of anilines is 1. The van der Waals surface area contributed by atoms with E-state index in [9.17, 15) is 18.3 Å². The van der Waals surface area contributed by atoms with Crippen LogP contribution in [-0.4, -0.2) is 21.3 Å². The number of nitrogens with two attached hydrogens (primary N) is 2. The maximum atomic E-state index is 13.3. The van der Waals surface area contributed by atoms with Crippen molar-refractivity contribution in [3.05, 3.63) is 76.9 Å². The first-order valence-corrected chi connectivity index (χ1v) is 10.2. The number of hydrogen-bond acceptors (Lipinski definition) is 6. The van der Waals surface area contributed by atoms with Gasteiger partial charge in [-0.2, -0.15) is 13.2 Å². The molecule has 0 aliphatic heterocycles. The zero-order valence-electron chi connectivity index (χ0n) is 16.4. The molecule has 31 heavy (non-hydrogen) atoms. The molecule has 5 nitrogen and oxygen atoms in total. The Morgan fingerprint density at radius 1 is 1.06 bits per heavy atom. The third kappa shape index (κ3) is 3.87. The summed E-state index contributed by atoms with van der Waals surface area (Å²) in [6.45, 7) is 0.730. The Balaban J connectivity index is 1.79. The summed E-state index contributed by atoms with van der Waals surface area (Å²) >= 11 is 1.42. The van der Waals surface area contributed by atoms with Gasteiger partial charge in [-0.05, 0) is 48.2 Å². The zero-order chi connectivity index (χ0) is 22.4. The number of fused-ring (bicyclic) bond motifs is 1. The molecule has 1 aromatic carbocycles. The van der Waals surface area contributed by atoms with Crippen molar-refractivity contribution in [2.45, 2.75) is 24.7 Å². The number of pyridine rings is 2. The summed E-state index contributed by atoms with van der Waals surface area (Å²) in [6.07, 6.45) is -3.55. The lowest BCUT2D eigenvalue weighted by Gasteiger charge is -2.26. The molecule has 2 atom stereocenters. The lowest BCUT2D eigenvalue weighted by molar-refractivity contribution is -0.258. The number of nitrogens with zero attached hydrogens (tertiary/aromatic N) is 2. The highest BCUT2D eigenvalue weighted by atomic mass is 32.1. The second kappa shape index (κ2) is 7.60. The number of aromatic nitrogens is 2. The molecule has 0 aliphatic carbocycles. The van der Waals surface area contributed by atoms with E-state index < -0.39 is 17.8 Å². The summed E-state index contributed by atoms with van der Waals surface area (Å²) in [5.41, 5.74) is 10.5. The molecular weight excluding hydrogens is 425 g/mol. The van der Waals surface area contributed by atoms with Crippen LogP contribution < -0.4 is 11.5 Å². The molecule has 0 radical (unpaired) electrons. The van der Waals surface area contributed by atoms with E-state index in [0.29, 0.717) is 22.8 Å². The first kappa shape index (κ1) is 21.2. The van der Waals surface area contributed by atoms with Gasteiger partial charge in [0, 0.05) is 21.3 Å². The highest BCUT2D eigenvalue weighted by molar-refractivity contribution is 7.19. The van der Waals surface area contributed by atoms with Crippen molar-refractivity contribution in [3.63, 3.8) is 0 Å². The van der Waals surface area contributed by atoms with Crippen LogP contribution in [0.15, 0.2) is 60.8 Å². The molecule has 9 heteroatoms. The topological polar surface area (TPSA) is 98.0 Å². The molecule has 0 saturated heterocycles. The highest BCUT2D eigenvalue weighted by Gasteiger charge is 2.51. The lowest BCUT2D eigenvalue weighted by atomic mass is 9.94. The van der Waals surface area contributed by atoms with Gasteiger partial charge in [-0.1, -0.05) is 24.3 Å². The number of benzene rings is 1. The van der Waals surface area contributed by atoms with E-state index in [1.54, 1.807) is 30.3 Å². The summed E-state index contributed by atoms with van der Waals surface area (Å²) in [7, 11) is 0. The Bertz CT molecular complexity index is 1250. The Hall–Kier alpha value is -3.01. The first-order chi connectivity index (χ1) is 14.6. The van der Waals surface area contributed by atoms with Crippen molar-refractivity contribution in [1.82, 2.24) is 9.97 Å². The SMILES string of the molecule is CC(O)(c1ccnc(-c2cccc3cc([C@H](N)c4cccc(N)n4)sc23)c1)C(F)(F)F. The Morgan fingerprint density at radius 2 is 1.81 bits per heavy atom. The van der Waals surface area contributed by atoms with Gasteiger partial charge >= 0.3 is 6.18 Å². The van der Waals surface area contributed by atoms with Crippen LogP contribution in [0, 0.1) is 0 Å². The van der Waals surface area contributed by atoms with E-state index in [4.69, 9.17) is 11.5 Å². The third-order valence-electron chi connectivity index (χ3n) is 5.13. The van der Waals surface area contributed by atoms with Gasteiger partial charge in [-0.3, -0.25) is 4.98 Å². The number of hydrogen-bond donors (Lipinski definition) is 3. The molecule has 0 bridgehead atoms. The number of thiophene rings is 1. The largest absolute Gasteiger partial charge is 0.421 e. The normalized spacial score (nSPS) is 15.0. The van der Waals surface area contributed by atoms with E-state index in [2.05, 4.69) is 9.97 Å². The monoisotopic (exact) mass is 444 g/mol. The molecule has 1 unspecified atom stereocenters. The van der Waals surface area contributed by atoms with E-state index in [-0.39, 0.29) is 5.56 Å². The molecule has 3 aromatic heterocycles. The average Bonchev–Trinajstić information content (AvgIpc) is 3.17. The van der Waals surface area contributed by atoms with E-state index in [1.807, 2.05) is 12.1 Å². The molecule has 0 amide bonds. The van der Waals surface area contributed by atoms with Gasteiger partial charge in [-0.15, -0.1) is 11.3 Å². The van der Waals surface area contributed by atoms with Gasteiger partial charge in [0.25, 0.3) is 0 Å². The fourth-order valence-electron chi connectivity index (χ4n) is 3.27. The van der Waals surface area contributed by atoms with Crippen molar-refractivity contribution < 1.29 is 18.3 Å². The minimum Gasteiger partial charge on any atom is -0.384 e. The molecular formula is C22H19F3N4OS. The van der Waals surface area contributed by atoms with Crippen LogP contribution in [0.2, 0.25) is 0 Å². The summed E-state index contributed by atoms with van der Waals surface area (Å²) in [5, 5.41) is 10.9. The van der Waals surface area contributed by atoms with Crippen LogP contribution >= 0.6 is 11.3 Å². The number of rotatable bonds is 4. The van der Waals surface area contributed by atoms with Crippen molar-refractivity contribution in [2.24, 2.45) is 5.73 Å². The number of alkyl halides is 3. The van der Waals surface area contributed by atoms with Gasteiger partial charge in [0.1, 0.15) is 5.82 Å². The van der Waals surface area contributed by atoms with E-state index in [1.165, 1.54) is 29.7 Å². The fourth-order valence-corrected chi connectivity index (χ4v) is 4.47. The van der Waals surface area contributed by atoms with Gasteiger partial charge in [0.2, 0.25) is 0 Å². The summed E-state index contributed by atoms with van der Waals surface area (Å²) in [6, 6.07) is 14.6. The third-order valence-corrected chi connectivity index (χ3v) is 6.40. The maximum Gasteiger partial charge on any atom is 0.421 e. The molecule has 0 spiro atoms. The Morgan fingerprint density at radius 3 is 2.52 bits per heavy atom. The van der Waals surface area contributed by atoms with Crippen LogP contribution in [0.5, 0.6) is 0 Å². The fraction of sp³-hybridized carbons (Fsp3) is 0.182. The maximum absolute atomic E-state index is 13.3. The quantitative estimate of drug-likeness (QED) is 0.422. The van der Waals surface area contributed by atoms with E-state index >= 15 is 0 Å². The summed E-state index contributed by atoms with van der Waals surface area (Å²) in [5.74, 6) is 0.368. The van der Waals surface area contributed by atoms with Crippen LogP contribution in [0.3, 0.4) is 0 Å². The molecule has 5 N–H and O–H groups in total. The van der Waals surface area contributed by atoms with Crippen LogP contribution in [0.25, 0.3) is 21.3 Å². The first-order valence-electron chi connectivity index (χ1n) is 9.34. The van der Waals surface area contributed by atoms with Crippen molar-refractivity contribution >= 4 is 27.2 Å². The van der Waals surface area contributed by atoms with Crippen molar-refractivity contribution in [1.29, 1.82) is 0 Å². The smallest absolute Gasteiger partial charge is 0.384 e. The second-order valence-corrected chi connectivity index (χ2v) is 8.42. The molecule has 0 fully saturated rings. The standard InChI is InChI=1S/C22H19F3N4OS/c1-21(30,22(23,24)25)13-8-9-28-16(11-13)14-5-2-4-12-10-17(31-20(12)14)19(27)15-6-3-7-18(26)29-15/h2-11,19,30H,27H2,1H3,(H2,26,29)/t19-,21?/m1/s1. The Kier molecular flexibility index (Phi) is 5.20. The van der Waals surface area contributed by atoms with Gasteiger partial charge in [0.15, 0.2) is 5.60 Å². The molecule has 4 aromatic rings. The van der Waals surface area contributed by atoms with Crippen LogP contribution in [0.1, 0.15) is 29.1 Å². The van der Waals surface area contributed by atoms with Crippen LogP contribution in [0.4, 0.5) is 19.0 Å². The molecule has 0 aliphatic rings. The minimum atomic E-state index is -4.81. The van der Waals surface area contributed by atoms with Gasteiger partial charge in [0.05, 0.1) is 17.4 Å². The highest BCUT2D eigenvalue weighted by Crippen LogP contribution is 2.41. The predicted molar refractivity (Wildman–Crippen MR) is 115 cm³/mol. The Labute approximate surface area is 180 Å². The number of nitrogen functional groups attached to an aromatic ring is 1. The van der Waals surface area contributed by atoms with Gasteiger partial charge in [-0.25, -0.2) is 4.98 Å². The zero-order valence-corrected chi connectivity index (χ0v) is 17.2. The number of halogens is 3. The average molecular weight is 444 g/mol. The van der Waals surface area contributed by atoms with Crippen LogP contribution in [-0.2, 0) is 5.60 Å². The van der Waals surface area contributed by atoms with Crippen molar-refractivity contribution in [2.75, 3.05) is 5.73 Å².